The van der Waals surface area contributed by atoms with E-state index in [0.717, 1.165) is 0 Å². The van der Waals surface area contributed by atoms with Gasteiger partial charge in [-0.05, 0) is 18.2 Å². The molecule has 0 fully saturated rings. The topological polar surface area (TPSA) is 101 Å². The largest absolute Gasteiger partial charge is 0.417 e. The number of rotatable bonds is 2. The molecule has 0 unspecified atom stereocenters. The van der Waals surface area contributed by atoms with Crippen molar-refractivity contribution < 1.29 is 18.0 Å². The van der Waals surface area contributed by atoms with Crippen molar-refractivity contribution in [3.8, 4) is 0 Å². The van der Waals surface area contributed by atoms with Crippen molar-refractivity contribution in [1.82, 2.24) is 9.97 Å². The average Bonchev–Trinajstić information content (AvgIpc) is 2.40. The number of nitrogens with zero attached hydrogens (tertiary/aromatic N) is 1. The SMILES string of the molecule is Nc1cccc(C(=O)Nc2cc(C(F)(F)F)c[nH]c2=O)n1. The molecule has 2 aromatic heterocycles. The molecule has 2 heterocycles. The summed E-state index contributed by atoms with van der Waals surface area (Å²) in [5.74, 6) is -0.771. The predicted molar refractivity (Wildman–Crippen MR) is 68.7 cm³/mol. The minimum absolute atomic E-state index is 0.0700. The number of nitrogens with two attached hydrogens (primary N) is 1. The molecule has 0 saturated carbocycles. The molecule has 0 aliphatic rings. The van der Waals surface area contributed by atoms with Crippen molar-refractivity contribution >= 4 is 17.4 Å². The number of aromatic nitrogens is 2. The first kappa shape index (κ1) is 14.6. The molecule has 0 bridgehead atoms. The van der Waals surface area contributed by atoms with Crippen LogP contribution in [0.3, 0.4) is 0 Å². The van der Waals surface area contributed by atoms with Crippen LogP contribution in [0.15, 0.2) is 35.3 Å². The third kappa shape index (κ3) is 3.38. The molecule has 1 amide bonds. The zero-order valence-electron chi connectivity index (χ0n) is 10.4. The highest BCUT2D eigenvalue weighted by atomic mass is 19.4. The molecule has 0 aliphatic heterocycles. The Kier molecular flexibility index (Phi) is 3.66. The highest BCUT2D eigenvalue weighted by Gasteiger charge is 2.31. The number of amides is 1. The minimum atomic E-state index is -4.64. The van der Waals surface area contributed by atoms with Gasteiger partial charge in [0.05, 0.1) is 5.56 Å². The van der Waals surface area contributed by atoms with Gasteiger partial charge < -0.3 is 16.0 Å². The van der Waals surface area contributed by atoms with Gasteiger partial charge in [0, 0.05) is 6.20 Å². The van der Waals surface area contributed by atoms with E-state index < -0.39 is 28.9 Å². The molecule has 110 valence electrons. The summed E-state index contributed by atoms with van der Waals surface area (Å²) in [6, 6.07) is 4.75. The summed E-state index contributed by atoms with van der Waals surface area (Å²) in [7, 11) is 0. The fourth-order valence-electron chi connectivity index (χ4n) is 1.50. The Morgan fingerprint density at radius 1 is 1.33 bits per heavy atom. The second-order valence-electron chi connectivity index (χ2n) is 4.03. The number of aromatic amines is 1. The molecule has 0 aliphatic carbocycles. The molecule has 2 aromatic rings. The zero-order chi connectivity index (χ0) is 15.6. The molecule has 0 aromatic carbocycles. The van der Waals surface area contributed by atoms with Crippen LogP contribution in [-0.2, 0) is 6.18 Å². The first-order chi connectivity index (χ1) is 9.77. The monoisotopic (exact) mass is 298 g/mol. The number of carbonyl (C=O) groups excluding carboxylic acids is 1. The maximum Gasteiger partial charge on any atom is 0.417 e. The Morgan fingerprint density at radius 3 is 2.67 bits per heavy atom. The van der Waals surface area contributed by atoms with Crippen molar-refractivity contribution in [2.45, 2.75) is 6.18 Å². The molecule has 4 N–H and O–H groups in total. The summed E-state index contributed by atoms with van der Waals surface area (Å²) in [5.41, 5.74) is 2.80. The van der Waals surface area contributed by atoms with Gasteiger partial charge in [-0.2, -0.15) is 13.2 Å². The quantitative estimate of drug-likeness (QED) is 0.784. The Morgan fingerprint density at radius 2 is 2.05 bits per heavy atom. The maximum atomic E-state index is 12.5. The number of hydrogen-bond acceptors (Lipinski definition) is 4. The highest BCUT2D eigenvalue weighted by molar-refractivity contribution is 6.02. The first-order valence-corrected chi connectivity index (χ1v) is 5.61. The number of alkyl halides is 3. The number of hydrogen-bond donors (Lipinski definition) is 3. The summed E-state index contributed by atoms with van der Waals surface area (Å²) < 4.78 is 37.6. The van der Waals surface area contributed by atoms with Crippen molar-refractivity contribution in [2.24, 2.45) is 0 Å². The van der Waals surface area contributed by atoms with E-state index in [4.69, 9.17) is 5.73 Å². The Balaban J connectivity index is 2.31. The smallest absolute Gasteiger partial charge is 0.384 e. The lowest BCUT2D eigenvalue weighted by molar-refractivity contribution is -0.137. The van der Waals surface area contributed by atoms with E-state index in [1.165, 1.54) is 18.2 Å². The van der Waals surface area contributed by atoms with E-state index >= 15 is 0 Å². The third-order valence-corrected chi connectivity index (χ3v) is 2.48. The molecule has 9 heteroatoms. The Bertz CT molecular complexity index is 740. The number of nitrogens with one attached hydrogen (secondary N) is 2. The van der Waals surface area contributed by atoms with E-state index in [1.54, 1.807) is 0 Å². The van der Waals surface area contributed by atoms with Crippen LogP contribution >= 0.6 is 0 Å². The number of halogens is 3. The minimum Gasteiger partial charge on any atom is -0.384 e. The molecule has 6 nitrogen and oxygen atoms in total. The van der Waals surface area contributed by atoms with Crippen LogP contribution in [0, 0.1) is 0 Å². The number of nitrogen functional groups attached to an aromatic ring is 1. The van der Waals surface area contributed by atoms with E-state index in [1.807, 2.05) is 4.98 Å². The van der Waals surface area contributed by atoms with Crippen LogP contribution < -0.4 is 16.6 Å². The van der Waals surface area contributed by atoms with E-state index in [2.05, 4.69) is 10.3 Å². The first-order valence-electron chi connectivity index (χ1n) is 5.61. The molecular weight excluding hydrogens is 289 g/mol. The summed E-state index contributed by atoms with van der Waals surface area (Å²) in [6.07, 6.45) is -4.12. The van der Waals surface area contributed by atoms with Gasteiger partial charge in [0.1, 0.15) is 17.2 Å². The lowest BCUT2D eigenvalue weighted by Gasteiger charge is -2.09. The number of anilines is 2. The van der Waals surface area contributed by atoms with Gasteiger partial charge in [0.15, 0.2) is 0 Å². The van der Waals surface area contributed by atoms with Crippen LogP contribution in [0.4, 0.5) is 24.7 Å². The highest BCUT2D eigenvalue weighted by Crippen LogP contribution is 2.29. The van der Waals surface area contributed by atoms with Crippen LogP contribution in [0.25, 0.3) is 0 Å². The number of carbonyl (C=O) groups is 1. The second kappa shape index (κ2) is 5.27. The van der Waals surface area contributed by atoms with E-state index in [-0.39, 0.29) is 11.5 Å². The summed E-state index contributed by atoms with van der Waals surface area (Å²) in [4.78, 5) is 28.9. The summed E-state index contributed by atoms with van der Waals surface area (Å²) >= 11 is 0. The van der Waals surface area contributed by atoms with Crippen LogP contribution in [0.2, 0.25) is 0 Å². The average molecular weight is 298 g/mol. The second-order valence-corrected chi connectivity index (χ2v) is 4.03. The number of pyridine rings is 2. The van der Waals surface area contributed by atoms with E-state index in [9.17, 15) is 22.8 Å². The van der Waals surface area contributed by atoms with Crippen LogP contribution in [-0.4, -0.2) is 15.9 Å². The standard InChI is InChI=1S/C12H9F3N4O2/c13-12(14,15)6-4-8(10(20)17-5-6)19-11(21)7-2-1-3-9(16)18-7/h1-5H,(H2,16,18)(H,17,20)(H,19,21). The van der Waals surface area contributed by atoms with Gasteiger partial charge in [0.25, 0.3) is 11.5 Å². The molecule has 21 heavy (non-hydrogen) atoms. The van der Waals surface area contributed by atoms with Crippen molar-refractivity contribution in [1.29, 1.82) is 0 Å². The fraction of sp³-hybridized carbons (Fsp3) is 0.0833. The predicted octanol–water partition coefficient (Wildman–Crippen LogP) is 1.62. The van der Waals surface area contributed by atoms with Crippen molar-refractivity contribution in [3.63, 3.8) is 0 Å². The number of H-pyrrole nitrogens is 1. The van der Waals surface area contributed by atoms with Gasteiger partial charge in [0.2, 0.25) is 0 Å². The van der Waals surface area contributed by atoms with Crippen molar-refractivity contribution in [2.75, 3.05) is 11.1 Å². The molecule has 0 atom stereocenters. The lowest BCUT2D eigenvalue weighted by atomic mass is 10.2. The Labute approximate surface area is 115 Å². The Hall–Kier alpha value is -2.84. The van der Waals surface area contributed by atoms with Gasteiger partial charge in [-0.3, -0.25) is 9.59 Å². The summed E-state index contributed by atoms with van der Waals surface area (Å²) in [6.45, 7) is 0. The van der Waals surface area contributed by atoms with Gasteiger partial charge in [-0.1, -0.05) is 6.07 Å². The normalized spacial score (nSPS) is 11.2. The van der Waals surface area contributed by atoms with Gasteiger partial charge in [-0.15, -0.1) is 0 Å². The van der Waals surface area contributed by atoms with Crippen LogP contribution in [0.5, 0.6) is 0 Å². The maximum absolute atomic E-state index is 12.5. The molecule has 0 spiro atoms. The fourth-order valence-corrected chi connectivity index (χ4v) is 1.50. The van der Waals surface area contributed by atoms with E-state index in [0.29, 0.717) is 12.3 Å². The summed E-state index contributed by atoms with van der Waals surface area (Å²) in [5, 5.41) is 2.07. The lowest BCUT2D eigenvalue weighted by Crippen LogP contribution is -2.22. The zero-order valence-corrected chi connectivity index (χ0v) is 10.4. The third-order valence-electron chi connectivity index (χ3n) is 2.48. The molecule has 0 radical (unpaired) electrons. The molecule has 2 rings (SSSR count). The van der Waals surface area contributed by atoms with Crippen LogP contribution in [0.1, 0.15) is 16.1 Å². The molecule has 0 saturated heterocycles. The van der Waals surface area contributed by atoms with Gasteiger partial charge >= 0.3 is 6.18 Å². The molecular formula is C12H9F3N4O2. The van der Waals surface area contributed by atoms with Crippen molar-refractivity contribution in [3.05, 3.63) is 52.1 Å². The van der Waals surface area contributed by atoms with Gasteiger partial charge in [-0.25, -0.2) is 4.98 Å².